The van der Waals surface area contributed by atoms with Crippen LogP contribution in [0.2, 0.25) is 0 Å². The van der Waals surface area contributed by atoms with Crippen LogP contribution in [0.1, 0.15) is 56.0 Å². The molecule has 1 aromatic carbocycles. The van der Waals surface area contributed by atoms with Crippen molar-refractivity contribution in [2.45, 2.75) is 44.6 Å². The van der Waals surface area contributed by atoms with E-state index in [4.69, 9.17) is 14.9 Å². The predicted octanol–water partition coefficient (Wildman–Crippen LogP) is 3.22. The molecular weight excluding hydrogens is 316 g/mol. The molecule has 1 saturated heterocycles. The topological polar surface area (TPSA) is 71.2 Å². The average molecular weight is 342 g/mol. The number of carbonyl (C=O) groups is 1. The Kier molecular flexibility index (Phi) is 5.48. The third-order valence-corrected chi connectivity index (χ3v) is 5.08. The van der Waals surface area contributed by atoms with Crippen molar-refractivity contribution in [1.82, 2.24) is 19.7 Å². The molecule has 6 heteroatoms. The molecule has 0 radical (unpaired) electrons. The number of hydrogen-bond donors (Lipinski definition) is 1. The van der Waals surface area contributed by atoms with Crippen LogP contribution in [-0.2, 0) is 11.8 Å². The predicted molar refractivity (Wildman–Crippen MR) is 96.3 cm³/mol. The molecule has 2 aliphatic rings. The molecule has 0 bridgehead atoms. The van der Waals surface area contributed by atoms with Crippen LogP contribution in [0.25, 0.3) is 11.4 Å². The zero-order valence-corrected chi connectivity index (χ0v) is 14.9. The molecule has 1 saturated carbocycles. The van der Waals surface area contributed by atoms with E-state index in [0.717, 1.165) is 17.2 Å². The minimum absolute atomic E-state index is 0.250. The fourth-order valence-corrected chi connectivity index (χ4v) is 3.47. The number of nitrogens with zero attached hydrogens (tertiary/aromatic N) is 4. The Morgan fingerprint density at radius 1 is 1.20 bits per heavy atom. The van der Waals surface area contributed by atoms with Gasteiger partial charge in [0.1, 0.15) is 5.82 Å². The Morgan fingerprint density at radius 3 is 2.36 bits per heavy atom. The third-order valence-electron chi connectivity index (χ3n) is 5.08. The minimum atomic E-state index is -0.250. The van der Waals surface area contributed by atoms with Gasteiger partial charge in [-0.3, -0.25) is 14.4 Å². The zero-order chi connectivity index (χ0) is 17.8. The number of aryl methyl sites for hydroxylation is 1. The lowest BCUT2D eigenvalue weighted by atomic mass is 10.0. The van der Waals surface area contributed by atoms with Gasteiger partial charge in [-0.15, -0.1) is 0 Å². The first-order valence-corrected chi connectivity index (χ1v) is 8.97. The van der Waals surface area contributed by atoms with Crippen molar-refractivity contribution in [2.75, 3.05) is 13.1 Å². The van der Waals surface area contributed by atoms with E-state index >= 15 is 0 Å². The summed E-state index contributed by atoms with van der Waals surface area (Å²) in [6.45, 7) is 4.52. The Labute approximate surface area is 148 Å². The second-order valence-corrected chi connectivity index (χ2v) is 6.84. The summed E-state index contributed by atoms with van der Waals surface area (Å²) in [7, 11) is 2.01. The summed E-state index contributed by atoms with van der Waals surface area (Å²) in [5.74, 6) is 2.65. The fraction of sp³-hybridized carbons (Fsp3) is 0.526. The van der Waals surface area contributed by atoms with Gasteiger partial charge in [-0.2, -0.15) is 5.10 Å². The first-order chi connectivity index (χ1) is 12.1. The van der Waals surface area contributed by atoms with E-state index < -0.39 is 0 Å². The van der Waals surface area contributed by atoms with Gasteiger partial charge >= 0.3 is 0 Å². The van der Waals surface area contributed by atoms with Crippen LogP contribution in [0.4, 0.5) is 0 Å². The molecule has 1 unspecified atom stereocenters. The van der Waals surface area contributed by atoms with Gasteiger partial charge < -0.3 is 5.11 Å². The van der Waals surface area contributed by atoms with Crippen LogP contribution in [0.5, 0.6) is 0 Å². The average Bonchev–Trinajstić information content (AvgIpc) is 3.16. The Morgan fingerprint density at radius 2 is 1.80 bits per heavy atom. The molecule has 1 aliphatic carbocycles. The number of hydrogen-bond acceptors (Lipinski definition) is 4. The van der Waals surface area contributed by atoms with Crippen molar-refractivity contribution in [3.05, 3.63) is 35.7 Å². The number of carboxylic acid groups (broad SMARTS) is 1. The second-order valence-electron chi connectivity index (χ2n) is 6.84. The molecule has 2 aromatic rings. The lowest BCUT2D eigenvalue weighted by Crippen LogP contribution is -2.23. The van der Waals surface area contributed by atoms with Crippen molar-refractivity contribution >= 4 is 6.47 Å². The number of likely N-dealkylation sites (tertiary alicyclic amines) is 1. The maximum atomic E-state index is 8.36. The van der Waals surface area contributed by atoms with Crippen LogP contribution >= 0.6 is 0 Å². The molecule has 0 spiro atoms. The normalized spacial score (nSPS) is 18.5. The van der Waals surface area contributed by atoms with E-state index in [1.807, 2.05) is 11.7 Å². The molecule has 4 rings (SSSR count). The van der Waals surface area contributed by atoms with Crippen molar-refractivity contribution in [3.8, 4) is 11.4 Å². The van der Waals surface area contributed by atoms with Crippen LogP contribution in [0.15, 0.2) is 24.3 Å². The monoisotopic (exact) mass is 342 g/mol. The molecule has 6 nitrogen and oxygen atoms in total. The summed E-state index contributed by atoms with van der Waals surface area (Å²) in [5.41, 5.74) is 2.52. The summed E-state index contributed by atoms with van der Waals surface area (Å²) >= 11 is 0. The standard InChI is InChI=1S/C18H24N4.CH2O2/c1-13(22-11-3-4-12-22)14-5-7-15(8-6-14)17-19-18(16-9-10-16)21(2)20-17;2-1-3/h5-8,13,16H,3-4,9-12H2,1-2H3;1H,(H,2,3). The SMILES string of the molecule is CC(c1ccc(-c2nc(C3CC3)n(C)n2)cc1)N1CCCC1.O=CO. The van der Waals surface area contributed by atoms with Crippen molar-refractivity contribution < 1.29 is 9.90 Å². The van der Waals surface area contributed by atoms with Gasteiger partial charge in [-0.25, -0.2) is 4.98 Å². The van der Waals surface area contributed by atoms with Gasteiger partial charge in [-0.05, 0) is 51.3 Å². The zero-order valence-electron chi connectivity index (χ0n) is 14.9. The quantitative estimate of drug-likeness (QED) is 0.864. The number of aromatic nitrogens is 3. The van der Waals surface area contributed by atoms with Gasteiger partial charge in [0.05, 0.1) is 0 Å². The van der Waals surface area contributed by atoms with Crippen LogP contribution < -0.4 is 0 Å². The van der Waals surface area contributed by atoms with Gasteiger partial charge in [0.25, 0.3) is 6.47 Å². The van der Waals surface area contributed by atoms with Gasteiger partial charge in [-0.1, -0.05) is 24.3 Å². The molecule has 1 aliphatic heterocycles. The molecular formula is C19H26N4O2. The lowest BCUT2D eigenvalue weighted by molar-refractivity contribution is -0.122. The van der Waals surface area contributed by atoms with Crippen LogP contribution in [0, 0.1) is 0 Å². The maximum Gasteiger partial charge on any atom is 0.290 e. The smallest absolute Gasteiger partial charge is 0.290 e. The summed E-state index contributed by atoms with van der Waals surface area (Å²) in [6, 6.07) is 9.34. The van der Waals surface area contributed by atoms with E-state index in [-0.39, 0.29) is 6.47 Å². The van der Waals surface area contributed by atoms with Crippen molar-refractivity contribution in [2.24, 2.45) is 7.05 Å². The van der Waals surface area contributed by atoms with Gasteiger partial charge in [0.15, 0.2) is 5.82 Å². The highest BCUT2D eigenvalue weighted by atomic mass is 16.3. The summed E-state index contributed by atoms with van der Waals surface area (Å²) < 4.78 is 1.95. The van der Waals surface area contributed by atoms with E-state index in [0.29, 0.717) is 12.0 Å². The van der Waals surface area contributed by atoms with E-state index in [2.05, 4.69) is 41.2 Å². The number of rotatable bonds is 4. The molecule has 25 heavy (non-hydrogen) atoms. The van der Waals surface area contributed by atoms with Crippen LogP contribution in [-0.4, -0.2) is 44.3 Å². The molecule has 1 aromatic heterocycles. The highest BCUT2D eigenvalue weighted by Crippen LogP contribution is 2.39. The first-order valence-electron chi connectivity index (χ1n) is 8.97. The Balaban J connectivity index is 0.000000569. The van der Waals surface area contributed by atoms with E-state index in [9.17, 15) is 0 Å². The van der Waals surface area contributed by atoms with Gasteiger partial charge in [0.2, 0.25) is 0 Å². The largest absolute Gasteiger partial charge is 0.483 e. The summed E-state index contributed by atoms with van der Waals surface area (Å²) in [6.07, 6.45) is 5.20. The molecule has 0 amide bonds. The summed E-state index contributed by atoms with van der Waals surface area (Å²) in [5, 5.41) is 11.5. The fourth-order valence-electron chi connectivity index (χ4n) is 3.47. The van der Waals surface area contributed by atoms with E-state index in [1.165, 1.54) is 44.3 Å². The number of benzene rings is 1. The molecule has 2 heterocycles. The molecule has 2 fully saturated rings. The molecule has 1 N–H and O–H groups in total. The maximum absolute atomic E-state index is 8.36. The van der Waals surface area contributed by atoms with Crippen molar-refractivity contribution in [3.63, 3.8) is 0 Å². The molecule has 134 valence electrons. The minimum Gasteiger partial charge on any atom is -0.483 e. The van der Waals surface area contributed by atoms with E-state index in [1.54, 1.807) is 0 Å². The lowest BCUT2D eigenvalue weighted by Gasteiger charge is -2.24. The Hall–Kier alpha value is -2.21. The Bertz CT molecular complexity index is 701. The third kappa shape index (κ3) is 4.07. The van der Waals surface area contributed by atoms with Gasteiger partial charge in [0, 0.05) is 24.6 Å². The van der Waals surface area contributed by atoms with Crippen molar-refractivity contribution in [1.29, 1.82) is 0 Å². The van der Waals surface area contributed by atoms with Crippen LogP contribution in [0.3, 0.4) is 0 Å². The molecule has 1 atom stereocenters. The second kappa shape index (κ2) is 7.78. The highest BCUT2D eigenvalue weighted by Gasteiger charge is 2.29. The first kappa shape index (κ1) is 17.6. The summed E-state index contributed by atoms with van der Waals surface area (Å²) in [4.78, 5) is 15.7. The highest BCUT2D eigenvalue weighted by molar-refractivity contribution is 5.55.